The van der Waals surface area contributed by atoms with E-state index in [0.29, 0.717) is 6.42 Å². The summed E-state index contributed by atoms with van der Waals surface area (Å²) in [4.78, 5) is 230. The van der Waals surface area contributed by atoms with E-state index in [2.05, 4.69) is 81.7 Å². The summed E-state index contributed by atoms with van der Waals surface area (Å²) in [5, 5.41) is 78.0. The van der Waals surface area contributed by atoms with Crippen molar-refractivity contribution in [2.24, 2.45) is 23.1 Å². The van der Waals surface area contributed by atoms with Gasteiger partial charge in [-0.1, -0.05) is 13.8 Å². The number of thioether (sulfide) groups is 1. The second-order valence-electron chi connectivity index (χ2n) is 21.8. The summed E-state index contributed by atoms with van der Waals surface area (Å²) < 4.78 is 0. The van der Waals surface area contributed by atoms with Crippen molar-refractivity contribution in [3.63, 3.8) is 0 Å². The molecule has 0 unspecified atom stereocenters. The fraction of sp³-hybridized carbons (Fsp3) is 0.667. The number of aliphatic hydroxyl groups is 2. The lowest BCUT2D eigenvalue weighted by Gasteiger charge is -2.28. The van der Waals surface area contributed by atoms with E-state index >= 15 is 0 Å². The van der Waals surface area contributed by atoms with Gasteiger partial charge in [-0.15, -0.1) is 0 Å². The molecule has 0 rings (SSSR count). The van der Waals surface area contributed by atoms with Crippen molar-refractivity contribution in [2.45, 2.75) is 178 Å². The molecule has 12 atom stereocenters. The number of nitrogens with two attached hydrogens (primary N) is 3. The van der Waals surface area contributed by atoms with Crippen LogP contribution in [-0.4, -0.2) is 249 Å². The number of carbonyl (C=O) groups excluding carboxylic acids is 15. The molecule has 15 amide bonds. The van der Waals surface area contributed by atoms with Crippen molar-refractivity contribution in [3.05, 3.63) is 0 Å². The predicted molar refractivity (Wildman–Crippen MR) is 336 cm³/mol. The fourth-order valence-corrected chi connectivity index (χ4v) is 8.98. The first-order chi connectivity index (χ1) is 44.4. The molecule has 0 bridgehead atoms. The molecule has 536 valence electrons. The van der Waals surface area contributed by atoms with Crippen molar-refractivity contribution in [3.8, 4) is 0 Å². The number of primary amides is 2. The van der Waals surface area contributed by atoms with Crippen LogP contribution in [0.5, 0.6) is 0 Å². The number of carboxylic acids is 3. The van der Waals surface area contributed by atoms with Gasteiger partial charge >= 0.3 is 17.9 Å². The van der Waals surface area contributed by atoms with Gasteiger partial charge in [0.15, 0.2) is 0 Å². The minimum absolute atomic E-state index is 0.112. The number of aliphatic carboxylic acids is 3. The van der Waals surface area contributed by atoms with Gasteiger partial charge in [0.2, 0.25) is 88.6 Å². The monoisotopic (exact) mass is 1390 g/mol. The maximum Gasteiger partial charge on any atom is 0.305 e. The van der Waals surface area contributed by atoms with Gasteiger partial charge < -0.3 is 112 Å². The lowest BCUT2D eigenvalue weighted by Crippen LogP contribution is -2.62. The first kappa shape index (κ1) is 86.0. The molecule has 0 aliphatic heterocycles. The molecule has 0 fully saturated rings. The van der Waals surface area contributed by atoms with Gasteiger partial charge in [-0.25, -0.2) is 0 Å². The zero-order valence-corrected chi connectivity index (χ0v) is 54.9. The first-order valence-electron chi connectivity index (χ1n) is 29.6. The zero-order chi connectivity index (χ0) is 72.8. The Labute approximate surface area is 554 Å². The van der Waals surface area contributed by atoms with Gasteiger partial charge in [0.05, 0.1) is 38.6 Å². The van der Waals surface area contributed by atoms with Crippen LogP contribution in [0.4, 0.5) is 0 Å². The molecule has 24 N–H and O–H groups in total. The maximum atomic E-state index is 13.8. The van der Waals surface area contributed by atoms with E-state index < -0.39 is 237 Å². The molecular formula is C54H90N16O23S2. The van der Waals surface area contributed by atoms with E-state index in [0.717, 1.165) is 20.8 Å². The maximum absolute atomic E-state index is 13.8. The number of amides is 15. The highest BCUT2D eigenvalue weighted by atomic mass is 32.2. The Bertz CT molecular complexity index is 2730. The number of hydrogen-bond acceptors (Lipinski definition) is 23. The van der Waals surface area contributed by atoms with Crippen LogP contribution in [0.1, 0.15) is 105 Å². The van der Waals surface area contributed by atoms with Crippen molar-refractivity contribution in [1.82, 2.24) is 69.1 Å². The van der Waals surface area contributed by atoms with E-state index in [4.69, 9.17) is 17.2 Å². The number of thiol groups is 1. The molecule has 0 aromatic carbocycles. The third kappa shape index (κ3) is 35.8. The fourth-order valence-electron chi connectivity index (χ4n) is 8.25. The zero-order valence-electron chi connectivity index (χ0n) is 53.2. The molecule has 0 heterocycles. The van der Waals surface area contributed by atoms with Crippen LogP contribution in [0.2, 0.25) is 0 Å². The number of unbranched alkanes of at least 4 members (excludes halogenated alkanes) is 1. The Kier molecular flexibility index (Phi) is 41.1. The normalized spacial score (nSPS) is 14.7. The topological polar surface area (TPSA) is 643 Å². The Balaban J connectivity index is 6.24. The number of carbonyl (C=O) groups is 18. The minimum atomic E-state index is -2.01. The molecule has 41 heteroatoms. The lowest BCUT2D eigenvalue weighted by atomic mass is 10.0. The Morgan fingerprint density at radius 1 is 0.463 bits per heavy atom. The summed E-state index contributed by atoms with van der Waals surface area (Å²) in [6, 6.07) is -18.0. The smallest absolute Gasteiger partial charge is 0.305 e. The average molecular weight is 1400 g/mol. The summed E-state index contributed by atoms with van der Waals surface area (Å²) in [6.45, 7) is 3.74. The number of hydrogen-bond donors (Lipinski definition) is 22. The molecule has 0 aromatic heterocycles. The third-order valence-corrected chi connectivity index (χ3v) is 14.2. The van der Waals surface area contributed by atoms with E-state index in [9.17, 15) is 112 Å². The average Bonchev–Trinajstić information content (AvgIpc) is 0.902. The predicted octanol–water partition coefficient (Wildman–Crippen LogP) is -9.61. The minimum Gasteiger partial charge on any atom is -0.481 e. The van der Waals surface area contributed by atoms with Crippen molar-refractivity contribution < 1.29 is 112 Å². The molecule has 0 spiro atoms. The summed E-state index contributed by atoms with van der Waals surface area (Å²) in [5.74, 6) is -20.9. The van der Waals surface area contributed by atoms with Gasteiger partial charge in [0.25, 0.3) is 0 Å². The SMILES string of the molecule is CSCC[C@H](NC(=O)CNC(=O)[C@H](CCC(=O)O)NC(=O)[C@H](CO)NC(=O)[C@@H](NC(=O)[C@H](CCCCN)NC(=O)[C@H](CC(N)=O)NC(=O)[C@H](CS)NC(C)=O)[C@@H](C)O)C(=O)N[C@@H](CC(=O)O)C(=O)NCC(=O)N[C@@H](C)C(=O)N[C@@H](CCC(=O)O)C(=O)N[C@@H](CC(C)C)C(N)=O. The summed E-state index contributed by atoms with van der Waals surface area (Å²) in [6.07, 6.45) is -4.36. The number of rotatable bonds is 48. The molecule has 95 heavy (non-hydrogen) atoms. The molecular weight excluding hydrogens is 1300 g/mol. The van der Waals surface area contributed by atoms with Crippen LogP contribution in [0, 0.1) is 5.92 Å². The highest BCUT2D eigenvalue weighted by Gasteiger charge is 2.37. The highest BCUT2D eigenvalue weighted by Crippen LogP contribution is 2.10. The van der Waals surface area contributed by atoms with Gasteiger partial charge in [0.1, 0.15) is 66.5 Å². The lowest BCUT2D eigenvalue weighted by molar-refractivity contribution is -0.141. The highest BCUT2D eigenvalue weighted by molar-refractivity contribution is 7.98. The molecule has 0 aliphatic rings. The Hall–Kier alpha value is -8.96. The van der Waals surface area contributed by atoms with E-state index in [1.807, 2.05) is 0 Å². The van der Waals surface area contributed by atoms with Crippen molar-refractivity contribution in [1.29, 1.82) is 0 Å². The van der Waals surface area contributed by atoms with Crippen LogP contribution in [0.3, 0.4) is 0 Å². The molecule has 0 saturated carbocycles. The number of carboxylic acid groups (broad SMARTS) is 3. The van der Waals surface area contributed by atoms with Gasteiger partial charge in [0, 0.05) is 25.5 Å². The Morgan fingerprint density at radius 3 is 1.34 bits per heavy atom. The number of nitrogens with one attached hydrogen (secondary N) is 13. The summed E-state index contributed by atoms with van der Waals surface area (Å²) in [7, 11) is 0. The largest absolute Gasteiger partial charge is 0.481 e. The van der Waals surface area contributed by atoms with E-state index in [1.54, 1.807) is 20.1 Å². The van der Waals surface area contributed by atoms with Crippen LogP contribution in [0.25, 0.3) is 0 Å². The van der Waals surface area contributed by atoms with Gasteiger partial charge in [-0.05, 0) is 83.3 Å². The van der Waals surface area contributed by atoms with Crippen molar-refractivity contribution >= 4 is 131 Å². The summed E-state index contributed by atoms with van der Waals surface area (Å²) in [5.41, 5.74) is 16.3. The van der Waals surface area contributed by atoms with Crippen LogP contribution in [0.15, 0.2) is 0 Å². The second kappa shape index (κ2) is 45.4. The third-order valence-electron chi connectivity index (χ3n) is 13.2. The first-order valence-corrected chi connectivity index (χ1v) is 31.6. The van der Waals surface area contributed by atoms with E-state index in [1.165, 1.54) is 11.8 Å². The molecule has 0 radical (unpaired) electrons. The van der Waals surface area contributed by atoms with Crippen molar-refractivity contribution in [2.75, 3.05) is 44.0 Å². The van der Waals surface area contributed by atoms with Crippen LogP contribution in [-0.2, 0) is 86.3 Å². The number of aliphatic hydroxyl groups excluding tert-OH is 2. The van der Waals surface area contributed by atoms with Gasteiger partial charge in [-0.3, -0.25) is 86.3 Å². The quantitative estimate of drug-likeness (QED) is 0.0199. The molecule has 0 saturated heterocycles. The summed E-state index contributed by atoms with van der Waals surface area (Å²) >= 11 is 5.18. The molecule has 0 aromatic rings. The van der Waals surface area contributed by atoms with E-state index in [-0.39, 0.29) is 49.7 Å². The van der Waals surface area contributed by atoms with Gasteiger partial charge in [-0.2, -0.15) is 24.4 Å². The molecule has 39 nitrogen and oxygen atoms in total. The second-order valence-corrected chi connectivity index (χ2v) is 23.2. The van der Waals surface area contributed by atoms with Crippen LogP contribution < -0.4 is 86.3 Å². The standard InChI is InChI=1S/C54H90N16O23S2/c1-24(2)17-32(44(57)83)66-48(87)30(11-13-41(79)80)63-45(84)25(3)60-38(75)20-59-47(86)34(19-42(81)82)68-49(88)31(14-16-95-6)62-39(76)21-58-46(85)29(10-12-40(77)78)65-52(91)35(22-71)69-54(93)43(26(4)72)70-50(89)28(9-7-8-15-55)64-51(90)33(18-37(56)74)67-53(92)36(23-94)61-27(5)73/h24-26,28-36,43,71-72,94H,7-23,55H2,1-6H3,(H2,56,74)(H2,57,83)(H,58,85)(H,59,86)(H,60,75)(H,61,73)(H,62,76)(H,63,84)(H,64,90)(H,65,91)(H,66,87)(H,67,92)(H,68,88)(H,69,93)(H,70,89)(H,77,78)(H,79,80)(H,81,82)/t25-,26+,28-,29-,30-,31-,32-,33-,34-,35-,36-,43-/m0/s1. The van der Waals surface area contributed by atoms with Crippen LogP contribution >= 0.6 is 24.4 Å². The Morgan fingerprint density at radius 2 is 0.884 bits per heavy atom. The molecule has 0 aliphatic carbocycles.